The Morgan fingerprint density at radius 1 is 1.00 bits per heavy atom. The van der Waals surface area contributed by atoms with Crippen molar-refractivity contribution in [2.24, 2.45) is 5.92 Å². The Hall–Kier alpha value is -3.22. The lowest BCUT2D eigenvalue weighted by Gasteiger charge is -2.37. The van der Waals surface area contributed by atoms with Crippen molar-refractivity contribution in [1.82, 2.24) is 0 Å². The van der Waals surface area contributed by atoms with Gasteiger partial charge in [-0.05, 0) is 29.5 Å². The summed E-state index contributed by atoms with van der Waals surface area (Å²) in [6.07, 6.45) is 4.99. The molecular weight excluding hydrogens is 322 g/mol. The highest BCUT2D eigenvalue weighted by atomic mass is 16.6. The minimum atomic E-state index is -0.395. The molecule has 2 aliphatic rings. The molecule has 1 heterocycles. The van der Waals surface area contributed by atoms with Gasteiger partial charge in [0, 0.05) is 35.9 Å². The van der Waals surface area contributed by atoms with E-state index in [4.69, 9.17) is 0 Å². The molecule has 0 spiro atoms. The summed E-state index contributed by atoms with van der Waals surface area (Å²) in [4.78, 5) is 21.4. The van der Waals surface area contributed by atoms with Crippen molar-refractivity contribution in [1.29, 1.82) is 0 Å². The summed E-state index contributed by atoms with van der Waals surface area (Å²) in [6, 6.07) is 11.4. The maximum Gasteiger partial charge on any atom is 0.269 e. The lowest BCUT2D eigenvalue weighted by atomic mass is 9.77. The number of nitrogens with zero attached hydrogens (tertiary/aromatic N) is 2. The summed E-state index contributed by atoms with van der Waals surface area (Å²) in [6.45, 7) is 0. The molecule has 2 aromatic carbocycles. The molecular formula is C18H15N3O4. The Morgan fingerprint density at radius 2 is 1.76 bits per heavy atom. The molecule has 0 unspecified atom stereocenters. The first kappa shape index (κ1) is 15.3. The third-order valence-corrected chi connectivity index (χ3v) is 5.00. The highest BCUT2D eigenvalue weighted by Gasteiger charge is 2.38. The molecule has 3 atom stereocenters. The third-order valence-electron chi connectivity index (χ3n) is 5.00. The molecule has 2 aromatic rings. The topological polar surface area (TPSA) is 98.3 Å². The van der Waals surface area contributed by atoms with Crippen LogP contribution in [0.25, 0.3) is 0 Å². The van der Waals surface area contributed by atoms with E-state index in [1.165, 1.54) is 12.1 Å². The van der Waals surface area contributed by atoms with Crippen molar-refractivity contribution in [3.63, 3.8) is 0 Å². The van der Waals surface area contributed by atoms with Gasteiger partial charge >= 0.3 is 0 Å². The molecule has 0 saturated heterocycles. The molecule has 7 heteroatoms. The minimum absolute atomic E-state index is 0.0660. The maximum absolute atomic E-state index is 11.1. The molecule has 1 aliphatic heterocycles. The summed E-state index contributed by atoms with van der Waals surface area (Å²) >= 11 is 0. The molecule has 25 heavy (non-hydrogen) atoms. The first-order valence-corrected chi connectivity index (χ1v) is 8.00. The fraction of sp³-hybridized carbons (Fsp3) is 0.222. The van der Waals surface area contributed by atoms with Crippen LogP contribution in [0.15, 0.2) is 54.6 Å². The number of nitrogens with one attached hydrogen (secondary N) is 1. The SMILES string of the molecule is O=[N+]([O-])c1cccc([C@H]2Nc3ccc([N+](=O)[O-])cc3[C@H]3C=CC[C@@H]32)c1. The Bertz CT molecular complexity index is 909. The number of allylic oxidation sites excluding steroid dienone is 2. The van der Waals surface area contributed by atoms with Gasteiger partial charge in [-0.25, -0.2) is 0 Å². The van der Waals surface area contributed by atoms with E-state index in [1.807, 2.05) is 6.07 Å². The van der Waals surface area contributed by atoms with Crippen LogP contribution in [0.2, 0.25) is 0 Å². The summed E-state index contributed by atoms with van der Waals surface area (Å²) in [5.41, 5.74) is 2.76. The number of rotatable bonds is 3. The van der Waals surface area contributed by atoms with Crippen LogP contribution < -0.4 is 5.32 Å². The van der Waals surface area contributed by atoms with Crippen molar-refractivity contribution in [3.05, 3.63) is 86.0 Å². The molecule has 0 radical (unpaired) electrons. The molecule has 0 aromatic heterocycles. The van der Waals surface area contributed by atoms with Gasteiger partial charge < -0.3 is 5.32 Å². The molecule has 0 saturated carbocycles. The molecule has 0 amide bonds. The predicted octanol–water partition coefficient (Wildman–Crippen LogP) is 4.33. The maximum atomic E-state index is 11.1. The van der Waals surface area contributed by atoms with E-state index >= 15 is 0 Å². The molecule has 7 nitrogen and oxygen atoms in total. The summed E-state index contributed by atoms with van der Waals surface area (Å²) < 4.78 is 0. The Balaban J connectivity index is 1.77. The van der Waals surface area contributed by atoms with E-state index in [0.29, 0.717) is 0 Å². The zero-order valence-electron chi connectivity index (χ0n) is 13.2. The zero-order valence-corrected chi connectivity index (χ0v) is 13.2. The van der Waals surface area contributed by atoms with Gasteiger partial charge in [0.2, 0.25) is 0 Å². The summed E-state index contributed by atoms with van der Waals surface area (Å²) in [7, 11) is 0. The number of hydrogen-bond donors (Lipinski definition) is 1. The summed E-state index contributed by atoms with van der Waals surface area (Å²) in [5, 5.41) is 25.6. The Morgan fingerprint density at radius 3 is 2.52 bits per heavy atom. The van der Waals surface area contributed by atoms with Crippen molar-refractivity contribution in [2.75, 3.05) is 5.32 Å². The van der Waals surface area contributed by atoms with Gasteiger partial charge in [-0.3, -0.25) is 20.2 Å². The van der Waals surface area contributed by atoms with Gasteiger partial charge in [-0.2, -0.15) is 0 Å². The van der Waals surface area contributed by atoms with Crippen molar-refractivity contribution < 1.29 is 9.85 Å². The number of nitro benzene ring substituents is 2. The third kappa shape index (κ3) is 2.53. The van der Waals surface area contributed by atoms with Gasteiger partial charge in [0.05, 0.1) is 15.9 Å². The van der Waals surface area contributed by atoms with Gasteiger partial charge in [0.15, 0.2) is 0 Å². The largest absolute Gasteiger partial charge is 0.378 e. The molecule has 0 fully saturated rings. The van der Waals surface area contributed by atoms with Crippen LogP contribution in [0.5, 0.6) is 0 Å². The Labute approximate surface area is 143 Å². The van der Waals surface area contributed by atoms with E-state index in [2.05, 4.69) is 17.5 Å². The molecule has 0 bridgehead atoms. The van der Waals surface area contributed by atoms with Crippen LogP contribution in [0.3, 0.4) is 0 Å². The van der Waals surface area contributed by atoms with Crippen molar-refractivity contribution >= 4 is 17.1 Å². The second-order valence-electron chi connectivity index (χ2n) is 6.36. The molecule has 4 rings (SSSR count). The summed E-state index contributed by atoms with van der Waals surface area (Å²) in [5.74, 6) is 0.247. The predicted molar refractivity (Wildman–Crippen MR) is 92.5 cm³/mol. The second-order valence-corrected chi connectivity index (χ2v) is 6.36. The minimum Gasteiger partial charge on any atom is -0.378 e. The highest BCUT2D eigenvalue weighted by molar-refractivity contribution is 5.63. The monoisotopic (exact) mass is 337 g/mol. The fourth-order valence-electron chi connectivity index (χ4n) is 3.86. The highest BCUT2D eigenvalue weighted by Crippen LogP contribution is 2.50. The number of fused-ring (bicyclic) bond motifs is 3. The van der Waals surface area contributed by atoms with Crippen molar-refractivity contribution in [2.45, 2.75) is 18.4 Å². The van der Waals surface area contributed by atoms with Gasteiger partial charge in [-0.1, -0.05) is 24.3 Å². The molecule has 126 valence electrons. The van der Waals surface area contributed by atoms with Crippen molar-refractivity contribution in [3.8, 4) is 0 Å². The number of non-ortho nitro benzene ring substituents is 2. The lowest BCUT2D eigenvalue weighted by Crippen LogP contribution is -2.29. The van der Waals surface area contributed by atoms with Gasteiger partial charge in [-0.15, -0.1) is 0 Å². The number of hydrogen-bond acceptors (Lipinski definition) is 5. The second kappa shape index (κ2) is 5.70. The first-order valence-electron chi connectivity index (χ1n) is 8.00. The van der Waals surface area contributed by atoms with Crippen LogP contribution >= 0.6 is 0 Å². The lowest BCUT2D eigenvalue weighted by molar-refractivity contribution is -0.385. The van der Waals surface area contributed by atoms with Crippen LogP contribution in [-0.2, 0) is 0 Å². The normalized spacial score (nSPS) is 23.4. The number of benzene rings is 2. The van der Waals surface area contributed by atoms with E-state index in [-0.39, 0.29) is 34.2 Å². The Kier molecular flexibility index (Phi) is 3.49. The smallest absolute Gasteiger partial charge is 0.269 e. The van der Waals surface area contributed by atoms with Crippen LogP contribution in [0, 0.1) is 26.1 Å². The van der Waals surface area contributed by atoms with Gasteiger partial charge in [0.1, 0.15) is 0 Å². The zero-order chi connectivity index (χ0) is 17.6. The standard InChI is InChI=1S/C18H15N3O4/c22-20(23)12-4-1-3-11(9-12)18-15-6-2-5-14(15)16-10-13(21(24)25)7-8-17(16)19-18/h1-5,7-10,14-15,18-19H,6H2/t14-,15-,18+/m0/s1. The number of nitro groups is 2. The quantitative estimate of drug-likeness (QED) is 0.510. The first-order chi connectivity index (χ1) is 12.0. The fourth-order valence-corrected chi connectivity index (χ4v) is 3.86. The van der Waals surface area contributed by atoms with E-state index < -0.39 is 4.92 Å². The van der Waals surface area contributed by atoms with Gasteiger partial charge in [0.25, 0.3) is 11.4 Å². The average Bonchev–Trinajstić information content (AvgIpc) is 3.10. The molecule has 1 N–H and O–H groups in total. The average molecular weight is 337 g/mol. The molecule has 1 aliphatic carbocycles. The van der Waals surface area contributed by atoms with E-state index in [0.717, 1.165) is 23.2 Å². The van der Waals surface area contributed by atoms with Crippen LogP contribution in [0.1, 0.15) is 29.5 Å². The van der Waals surface area contributed by atoms with E-state index in [1.54, 1.807) is 24.3 Å². The van der Waals surface area contributed by atoms with E-state index in [9.17, 15) is 20.2 Å². The van der Waals surface area contributed by atoms with Crippen LogP contribution in [-0.4, -0.2) is 9.85 Å². The number of anilines is 1. The van der Waals surface area contributed by atoms with Crippen LogP contribution in [0.4, 0.5) is 17.1 Å².